The van der Waals surface area contributed by atoms with Gasteiger partial charge in [0, 0.05) is 16.0 Å². The first kappa shape index (κ1) is 17.2. The zero-order chi connectivity index (χ0) is 18.0. The molecule has 0 saturated carbocycles. The summed E-state index contributed by atoms with van der Waals surface area (Å²) in [5, 5.41) is 14.3. The molecule has 0 aliphatic heterocycles. The third-order valence-corrected chi connectivity index (χ3v) is 5.23. The fourth-order valence-electron chi connectivity index (χ4n) is 2.94. The maximum absolute atomic E-state index is 12.6. The van der Waals surface area contributed by atoms with Crippen molar-refractivity contribution in [1.29, 1.82) is 0 Å². The molecule has 1 aliphatic carbocycles. The predicted octanol–water partition coefficient (Wildman–Crippen LogP) is 2.03. The molecule has 1 aromatic carbocycles. The van der Waals surface area contributed by atoms with Crippen molar-refractivity contribution < 1.29 is 24.2 Å². The third kappa shape index (κ3) is 3.28. The van der Waals surface area contributed by atoms with Gasteiger partial charge < -0.3 is 20.0 Å². The quantitative estimate of drug-likeness (QED) is 0.825. The Labute approximate surface area is 148 Å². The molecule has 1 aliphatic rings. The highest BCUT2D eigenvalue weighted by Gasteiger charge is 2.28. The molecule has 0 bridgehead atoms. The Balaban J connectivity index is 1.95. The second kappa shape index (κ2) is 7.06. The number of thiophene rings is 1. The summed E-state index contributed by atoms with van der Waals surface area (Å²) < 4.78 is 5.11. The number of carbonyl (C=O) groups is 3. The van der Waals surface area contributed by atoms with Crippen molar-refractivity contribution in [2.24, 2.45) is 0 Å². The minimum atomic E-state index is -1.43. The maximum atomic E-state index is 12.6. The number of carboxylic acid groups (broad SMARTS) is 1. The molecular weight excluding hydrogens is 342 g/mol. The number of hydrogen-bond acceptors (Lipinski definition) is 6. The van der Waals surface area contributed by atoms with E-state index in [2.05, 4.69) is 5.32 Å². The maximum Gasteiger partial charge on any atom is 0.341 e. The normalized spacial score (nSPS) is 12.5. The molecule has 6 nitrogen and oxygen atoms in total. The van der Waals surface area contributed by atoms with Gasteiger partial charge in [-0.2, -0.15) is 0 Å². The van der Waals surface area contributed by atoms with E-state index in [-0.39, 0.29) is 17.7 Å². The Morgan fingerprint density at radius 3 is 2.60 bits per heavy atom. The van der Waals surface area contributed by atoms with E-state index in [1.165, 1.54) is 29.5 Å². The van der Waals surface area contributed by atoms with Crippen molar-refractivity contribution in [1.82, 2.24) is 0 Å². The van der Waals surface area contributed by atoms with Gasteiger partial charge in [-0.15, -0.1) is 11.3 Å². The number of esters is 1. The average Bonchev–Trinajstić information content (AvgIpc) is 3.15. The first-order valence-electron chi connectivity index (χ1n) is 7.96. The number of nitrogens with one attached hydrogen (secondary N) is 1. The van der Waals surface area contributed by atoms with Crippen LogP contribution in [-0.2, 0) is 17.6 Å². The van der Waals surface area contributed by atoms with Crippen LogP contribution in [0.15, 0.2) is 24.3 Å². The summed E-state index contributed by atoms with van der Waals surface area (Å²) in [6.45, 7) is 1.96. The number of carboxylic acids is 1. The first-order valence-corrected chi connectivity index (χ1v) is 8.78. The molecule has 0 atom stereocenters. The van der Waals surface area contributed by atoms with Crippen LogP contribution < -0.4 is 10.4 Å². The van der Waals surface area contributed by atoms with E-state index >= 15 is 0 Å². The van der Waals surface area contributed by atoms with E-state index in [0.717, 1.165) is 29.7 Å². The minimum absolute atomic E-state index is 0.00846. The molecule has 130 valence electrons. The third-order valence-electron chi connectivity index (χ3n) is 4.02. The van der Waals surface area contributed by atoms with Gasteiger partial charge in [0.05, 0.1) is 18.1 Å². The molecule has 1 N–H and O–H groups in total. The summed E-state index contributed by atoms with van der Waals surface area (Å²) in [6, 6.07) is 5.81. The van der Waals surface area contributed by atoms with Crippen molar-refractivity contribution in [2.45, 2.75) is 26.2 Å². The van der Waals surface area contributed by atoms with Crippen LogP contribution >= 0.6 is 11.3 Å². The SMILES string of the molecule is CCOC(=O)c1c(NC(=O)c2ccccc2C(=O)[O-])sc2c1CCC2. The van der Waals surface area contributed by atoms with E-state index in [1.807, 2.05) is 0 Å². The van der Waals surface area contributed by atoms with Crippen LogP contribution in [0.1, 0.15) is 54.9 Å². The molecule has 2 aromatic rings. The van der Waals surface area contributed by atoms with Gasteiger partial charge in [-0.25, -0.2) is 4.79 Å². The summed E-state index contributed by atoms with van der Waals surface area (Å²) >= 11 is 1.34. The van der Waals surface area contributed by atoms with E-state index in [0.29, 0.717) is 10.6 Å². The van der Waals surface area contributed by atoms with Gasteiger partial charge in [-0.3, -0.25) is 4.79 Å². The van der Waals surface area contributed by atoms with E-state index in [1.54, 1.807) is 13.0 Å². The number of amides is 1. The fourth-order valence-corrected chi connectivity index (χ4v) is 4.21. The van der Waals surface area contributed by atoms with Crippen LogP contribution in [0.5, 0.6) is 0 Å². The second-order valence-electron chi connectivity index (χ2n) is 5.57. The number of hydrogen-bond donors (Lipinski definition) is 1. The van der Waals surface area contributed by atoms with Crippen molar-refractivity contribution >= 4 is 34.2 Å². The number of fused-ring (bicyclic) bond motifs is 1. The molecule has 0 radical (unpaired) electrons. The molecule has 0 fully saturated rings. The molecule has 7 heteroatoms. The number of rotatable bonds is 5. The summed E-state index contributed by atoms with van der Waals surface area (Å²) in [5.41, 5.74) is 1.11. The monoisotopic (exact) mass is 358 g/mol. The van der Waals surface area contributed by atoms with Crippen LogP contribution in [0.4, 0.5) is 5.00 Å². The average molecular weight is 358 g/mol. The Bertz CT molecular complexity index is 855. The highest BCUT2D eigenvalue weighted by molar-refractivity contribution is 7.17. The van der Waals surface area contributed by atoms with Gasteiger partial charge in [0.25, 0.3) is 5.91 Å². The topological polar surface area (TPSA) is 95.5 Å². The van der Waals surface area contributed by atoms with Crippen LogP contribution in [0.25, 0.3) is 0 Å². The molecule has 3 rings (SSSR count). The van der Waals surface area contributed by atoms with Gasteiger partial charge in [0.1, 0.15) is 5.00 Å². The minimum Gasteiger partial charge on any atom is -0.545 e. The summed E-state index contributed by atoms with van der Waals surface area (Å²) in [4.78, 5) is 37.1. The Kier molecular flexibility index (Phi) is 4.85. The highest BCUT2D eigenvalue weighted by Crippen LogP contribution is 2.39. The second-order valence-corrected chi connectivity index (χ2v) is 6.67. The number of ether oxygens (including phenoxy) is 1. The zero-order valence-corrected chi connectivity index (χ0v) is 14.4. The molecule has 1 aromatic heterocycles. The largest absolute Gasteiger partial charge is 0.545 e. The number of carbonyl (C=O) groups excluding carboxylic acids is 3. The Morgan fingerprint density at radius 2 is 1.92 bits per heavy atom. The molecule has 1 heterocycles. The van der Waals surface area contributed by atoms with Crippen molar-refractivity contribution in [3.63, 3.8) is 0 Å². The molecular formula is C18H16NO5S-. The molecule has 0 unspecified atom stereocenters. The summed E-state index contributed by atoms with van der Waals surface area (Å²) in [6.07, 6.45) is 2.60. The van der Waals surface area contributed by atoms with E-state index < -0.39 is 17.8 Å². The zero-order valence-electron chi connectivity index (χ0n) is 13.6. The molecule has 25 heavy (non-hydrogen) atoms. The Morgan fingerprint density at radius 1 is 1.20 bits per heavy atom. The number of benzene rings is 1. The van der Waals surface area contributed by atoms with Gasteiger partial charge in [-0.05, 0) is 37.8 Å². The highest BCUT2D eigenvalue weighted by atomic mass is 32.1. The van der Waals surface area contributed by atoms with E-state index in [4.69, 9.17) is 4.74 Å². The smallest absolute Gasteiger partial charge is 0.341 e. The van der Waals surface area contributed by atoms with Gasteiger partial charge in [0.15, 0.2) is 0 Å². The first-order chi connectivity index (χ1) is 12.0. The summed E-state index contributed by atoms with van der Waals surface area (Å²) in [5.74, 6) is -2.49. The predicted molar refractivity (Wildman–Crippen MR) is 91.0 cm³/mol. The lowest BCUT2D eigenvalue weighted by Crippen LogP contribution is -2.26. The molecule has 0 spiro atoms. The summed E-state index contributed by atoms with van der Waals surface area (Å²) in [7, 11) is 0. The lowest BCUT2D eigenvalue weighted by Gasteiger charge is -2.11. The lowest BCUT2D eigenvalue weighted by molar-refractivity contribution is -0.255. The van der Waals surface area contributed by atoms with Crippen molar-refractivity contribution in [3.05, 3.63) is 51.4 Å². The number of aryl methyl sites for hydroxylation is 1. The van der Waals surface area contributed by atoms with Gasteiger partial charge in [-0.1, -0.05) is 18.2 Å². The lowest BCUT2D eigenvalue weighted by atomic mass is 10.1. The van der Waals surface area contributed by atoms with Crippen LogP contribution in [0.2, 0.25) is 0 Å². The molecule has 0 saturated heterocycles. The van der Waals surface area contributed by atoms with Crippen LogP contribution in [-0.4, -0.2) is 24.5 Å². The van der Waals surface area contributed by atoms with Crippen LogP contribution in [0.3, 0.4) is 0 Å². The van der Waals surface area contributed by atoms with Gasteiger partial charge >= 0.3 is 5.97 Å². The number of aromatic carboxylic acids is 1. The van der Waals surface area contributed by atoms with Crippen molar-refractivity contribution in [2.75, 3.05) is 11.9 Å². The van der Waals surface area contributed by atoms with Gasteiger partial charge in [0.2, 0.25) is 0 Å². The van der Waals surface area contributed by atoms with Crippen LogP contribution in [0, 0.1) is 0 Å². The number of anilines is 1. The standard InChI is InChI=1S/C18H17NO5S/c1-2-24-18(23)14-12-8-5-9-13(12)25-16(14)19-15(20)10-6-3-4-7-11(10)17(21)22/h3-4,6-7H,2,5,8-9H2,1H3,(H,19,20)(H,21,22)/p-1. The fraction of sp³-hybridized carbons (Fsp3) is 0.278. The molecule has 1 amide bonds. The van der Waals surface area contributed by atoms with Crippen molar-refractivity contribution in [3.8, 4) is 0 Å². The Hall–Kier alpha value is -2.67. The van der Waals surface area contributed by atoms with E-state index in [9.17, 15) is 19.5 Å².